The van der Waals surface area contributed by atoms with Crippen LogP contribution in [0.2, 0.25) is 0 Å². The van der Waals surface area contributed by atoms with Gasteiger partial charge in [0.2, 0.25) is 0 Å². The average Bonchev–Trinajstić information content (AvgIpc) is 3.09. The van der Waals surface area contributed by atoms with Crippen LogP contribution >= 0.6 is 0 Å². The molecule has 0 spiro atoms. The largest absolute Gasteiger partial charge is 0.389 e. The van der Waals surface area contributed by atoms with Gasteiger partial charge >= 0.3 is 6.18 Å². The Kier molecular flexibility index (Phi) is 4.90. The number of nitrogens with zero attached hydrogens (tertiary/aromatic N) is 1. The van der Waals surface area contributed by atoms with Gasteiger partial charge in [-0.1, -0.05) is 0 Å². The summed E-state index contributed by atoms with van der Waals surface area (Å²) in [6, 6.07) is 0.727. The highest BCUT2D eigenvalue weighted by molar-refractivity contribution is 4.83. The minimum atomic E-state index is -4.00. The lowest BCUT2D eigenvalue weighted by Crippen LogP contribution is -2.40. The van der Waals surface area contributed by atoms with Gasteiger partial charge in [-0.05, 0) is 57.7 Å². The predicted molar refractivity (Wildman–Crippen MR) is 65.5 cm³/mol. The molecule has 0 aromatic heterocycles. The minimum Gasteiger partial charge on any atom is -0.314 e. The molecule has 1 N–H and O–H groups in total. The molecule has 2 fully saturated rings. The van der Waals surface area contributed by atoms with Crippen molar-refractivity contribution in [1.29, 1.82) is 0 Å². The molecule has 1 heterocycles. The van der Waals surface area contributed by atoms with Crippen molar-refractivity contribution in [3.63, 3.8) is 0 Å². The fourth-order valence-corrected chi connectivity index (χ4v) is 2.64. The normalized spacial score (nSPS) is 26.5. The summed E-state index contributed by atoms with van der Waals surface area (Å²) in [6.07, 6.45) is 0.534. The van der Waals surface area contributed by atoms with Gasteiger partial charge in [0, 0.05) is 19.0 Å². The lowest BCUT2D eigenvalue weighted by molar-refractivity contribution is -0.136. The van der Waals surface area contributed by atoms with Gasteiger partial charge in [0.05, 0.1) is 0 Å². The topological polar surface area (TPSA) is 15.3 Å². The maximum atomic E-state index is 12.1. The summed E-state index contributed by atoms with van der Waals surface area (Å²) in [4.78, 5) is 2.20. The smallest absolute Gasteiger partial charge is 0.314 e. The van der Waals surface area contributed by atoms with Crippen LogP contribution in [-0.4, -0.2) is 43.3 Å². The van der Waals surface area contributed by atoms with Crippen LogP contribution in [0.5, 0.6) is 0 Å². The molecule has 2 rings (SSSR count). The molecule has 1 aliphatic heterocycles. The Bertz CT molecular complexity index is 251. The van der Waals surface area contributed by atoms with Crippen molar-refractivity contribution in [3.8, 4) is 0 Å². The van der Waals surface area contributed by atoms with E-state index in [9.17, 15) is 13.2 Å². The quantitative estimate of drug-likeness (QED) is 0.793. The fourth-order valence-electron chi connectivity index (χ4n) is 2.64. The van der Waals surface area contributed by atoms with Crippen molar-refractivity contribution >= 4 is 0 Å². The van der Waals surface area contributed by atoms with Crippen molar-refractivity contribution in [2.45, 2.75) is 50.7 Å². The third-order valence-electron chi connectivity index (χ3n) is 3.81. The molecule has 0 aromatic rings. The first-order valence-corrected chi connectivity index (χ1v) is 7.05. The summed E-state index contributed by atoms with van der Waals surface area (Å²) < 4.78 is 36.2. The third kappa shape index (κ3) is 5.57. The lowest BCUT2D eigenvalue weighted by atomic mass is 9.97. The monoisotopic (exact) mass is 264 g/mol. The molecule has 0 amide bonds. The number of piperidine rings is 1. The second-order valence-electron chi connectivity index (χ2n) is 5.71. The number of hydrogen-bond donors (Lipinski definition) is 1. The summed E-state index contributed by atoms with van der Waals surface area (Å²) in [5, 5.41) is 3.52. The van der Waals surface area contributed by atoms with Gasteiger partial charge in [0.15, 0.2) is 0 Å². The summed E-state index contributed by atoms with van der Waals surface area (Å²) in [6.45, 7) is 3.58. The zero-order chi connectivity index (χ0) is 13.0. The van der Waals surface area contributed by atoms with E-state index in [1.54, 1.807) is 0 Å². The van der Waals surface area contributed by atoms with Gasteiger partial charge in [-0.15, -0.1) is 0 Å². The van der Waals surface area contributed by atoms with E-state index in [0.29, 0.717) is 12.5 Å². The van der Waals surface area contributed by atoms with Crippen LogP contribution < -0.4 is 5.32 Å². The summed E-state index contributed by atoms with van der Waals surface area (Å²) in [5.74, 6) is 0.630. The molecule has 0 bridgehead atoms. The molecule has 0 radical (unpaired) electrons. The summed E-state index contributed by atoms with van der Waals surface area (Å²) in [5.41, 5.74) is 0. The highest BCUT2D eigenvalue weighted by Gasteiger charge is 2.28. The molecule has 0 aromatic carbocycles. The number of alkyl halides is 3. The van der Waals surface area contributed by atoms with Gasteiger partial charge in [-0.2, -0.15) is 13.2 Å². The van der Waals surface area contributed by atoms with E-state index >= 15 is 0 Å². The number of likely N-dealkylation sites (tertiary alicyclic amines) is 1. The number of hydrogen-bond acceptors (Lipinski definition) is 2. The maximum Gasteiger partial charge on any atom is 0.389 e. The first kappa shape index (κ1) is 14.1. The standard InChI is InChI=1S/C13H23F3N2/c14-13(15,16)6-2-8-18-7-1-3-11(10-18)9-17-12-4-5-12/h11-12,17H,1-10H2. The van der Waals surface area contributed by atoms with Crippen molar-refractivity contribution in [3.05, 3.63) is 0 Å². The molecular formula is C13H23F3N2. The second-order valence-corrected chi connectivity index (χ2v) is 5.71. The average molecular weight is 264 g/mol. The van der Waals surface area contributed by atoms with Crippen LogP contribution in [0, 0.1) is 5.92 Å². The molecule has 1 saturated heterocycles. The third-order valence-corrected chi connectivity index (χ3v) is 3.81. The number of halogens is 3. The molecule has 2 aliphatic rings. The van der Waals surface area contributed by atoms with Gasteiger partial charge < -0.3 is 10.2 Å². The first-order valence-electron chi connectivity index (χ1n) is 7.05. The van der Waals surface area contributed by atoms with Gasteiger partial charge in [0.25, 0.3) is 0 Å². The predicted octanol–water partition coefficient (Wildman–Crippen LogP) is 2.79. The first-order chi connectivity index (χ1) is 8.53. The van der Waals surface area contributed by atoms with Crippen molar-refractivity contribution in [2.24, 2.45) is 5.92 Å². The van der Waals surface area contributed by atoms with Gasteiger partial charge in [0.1, 0.15) is 0 Å². The van der Waals surface area contributed by atoms with E-state index in [1.807, 2.05) is 0 Å². The van der Waals surface area contributed by atoms with Crippen molar-refractivity contribution in [2.75, 3.05) is 26.2 Å². The molecule has 18 heavy (non-hydrogen) atoms. The Hall–Kier alpha value is -0.290. The van der Waals surface area contributed by atoms with E-state index < -0.39 is 12.6 Å². The molecular weight excluding hydrogens is 241 g/mol. The van der Waals surface area contributed by atoms with Crippen LogP contribution in [0.25, 0.3) is 0 Å². The van der Waals surface area contributed by atoms with Gasteiger partial charge in [-0.25, -0.2) is 0 Å². The van der Waals surface area contributed by atoms with Crippen LogP contribution in [0.1, 0.15) is 38.5 Å². The number of rotatable bonds is 6. The van der Waals surface area contributed by atoms with E-state index in [4.69, 9.17) is 0 Å². The lowest BCUT2D eigenvalue weighted by Gasteiger charge is -2.33. The zero-order valence-corrected chi connectivity index (χ0v) is 10.8. The van der Waals surface area contributed by atoms with Crippen LogP contribution in [0.4, 0.5) is 13.2 Å². The molecule has 1 unspecified atom stereocenters. The van der Waals surface area contributed by atoms with E-state index in [0.717, 1.165) is 32.1 Å². The molecule has 1 atom stereocenters. The Labute approximate surface area is 107 Å². The molecule has 106 valence electrons. The van der Waals surface area contributed by atoms with Gasteiger partial charge in [-0.3, -0.25) is 0 Å². The van der Waals surface area contributed by atoms with Crippen LogP contribution in [-0.2, 0) is 0 Å². The van der Waals surface area contributed by atoms with E-state index in [2.05, 4.69) is 10.2 Å². The SMILES string of the molecule is FC(F)(F)CCCN1CCCC(CNC2CC2)C1. The Morgan fingerprint density at radius 1 is 1.17 bits per heavy atom. The molecule has 1 aliphatic carbocycles. The molecule has 2 nitrogen and oxygen atoms in total. The Balaban J connectivity index is 1.59. The summed E-state index contributed by atoms with van der Waals surface area (Å²) in [7, 11) is 0. The highest BCUT2D eigenvalue weighted by atomic mass is 19.4. The number of nitrogens with one attached hydrogen (secondary N) is 1. The van der Waals surface area contributed by atoms with Crippen LogP contribution in [0.3, 0.4) is 0 Å². The van der Waals surface area contributed by atoms with E-state index in [1.165, 1.54) is 19.3 Å². The van der Waals surface area contributed by atoms with Crippen molar-refractivity contribution in [1.82, 2.24) is 10.2 Å². The second kappa shape index (κ2) is 6.24. The Morgan fingerprint density at radius 2 is 1.94 bits per heavy atom. The molecule has 5 heteroatoms. The summed E-state index contributed by atoms with van der Waals surface area (Å²) >= 11 is 0. The van der Waals surface area contributed by atoms with E-state index in [-0.39, 0.29) is 6.42 Å². The molecule has 1 saturated carbocycles. The fraction of sp³-hybridized carbons (Fsp3) is 1.00. The van der Waals surface area contributed by atoms with Crippen molar-refractivity contribution < 1.29 is 13.2 Å². The maximum absolute atomic E-state index is 12.1. The Morgan fingerprint density at radius 3 is 2.61 bits per heavy atom. The zero-order valence-electron chi connectivity index (χ0n) is 10.8. The highest BCUT2D eigenvalue weighted by Crippen LogP contribution is 2.23. The minimum absolute atomic E-state index is 0.242. The van der Waals surface area contributed by atoms with Crippen LogP contribution in [0.15, 0.2) is 0 Å².